The van der Waals surface area contributed by atoms with Crippen molar-refractivity contribution >= 4 is 16.5 Å². The summed E-state index contributed by atoms with van der Waals surface area (Å²) < 4.78 is 0. The van der Waals surface area contributed by atoms with Crippen LogP contribution in [0.4, 0.5) is 5.69 Å². The lowest BCUT2D eigenvalue weighted by Gasteiger charge is -2.27. The average molecular weight is 271 g/mol. The molecule has 1 heteroatoms. The summed E-state index contributed by atoms with van der Waals surface area (Å²) in [4.78, 5) is 2.35. The highest BCUT2D eigenvalue weighted by atomic mass is 15.1. The Labute approximate surface area is 125 Å². The van der Waals surface area contributed by atoms with Crippen molar-refractivity contribution < 1.29 is 0 Å². The third-order valence-corrected chi connectivity index (χ3v) is 4.14. The SMILES string of the molecule is C1=CN(Cc2cccc3ccccc23)c2ccccc2C1. The molecule has 0 N–H and O–H groups in total. The molecule has 0 saturated heterocycles. The fourth-order valence-electron chi connectivity index (χ4n) is 3.10. The Balaban J connectivity index is 1.75. The lowest BCUT2D eigenvalue weighted by molar-refractivity contribution is 0.940. The maximum absolute atomic E-state index is 2.35. The van der Waals surface area contributed by atoms with E-state index in [1.165, 1.54) is 27.6 Å². The Kier molecular flexibility index (Phi) is 2.97. The van der Waals surface area contributed by atoms with Gasteiger partial charge in [0.05, 0.1) is 0 Å². The maximum Gasteiger partial charge on any atom is 0.0482 e. The lowest BCUT2D eigenvalue weighted by Crippen LogP contribution is -2.19. The van der Waals surface area contributed by atoms with Crippen molar-refractivity contribution in [3.8, 4) is 0 Å². The fraction of sp³-hybridized carbons (Fsp3) is 0.100. The van der Waals surface area contributed by atoms with Crippen molar-refractivity contribution in [2.24, 2.45) is 0 Å². The van der Waals surface area contributed by atoms with Gasteiger partial charge in [0.25, 0.3) is 0 Å². The molecule has 21 heavy (non-hydrogen) atoms. The molecule has 0 fully saturated rings. The van der Waals surface area contributed by atoms with Crippen LogP contribution in [0.15, 0.2) is 79.0 Å². The van der Waals surface area contributed by atoms with Gasteiger partial charge in [-0.1, -0.05) is 66.7 Å². The molecule has 3 aromatic carbocycles. The van der Waals surface area contributed by atoms with Gasteiger partial charge in [-0.2, -0.15) is 0 Å². The van der Waals surface area contributed by atoms with E-state index in [-0.39, 0.29) is 0 Å². The number of hydrogen-bond acceptors (Lipinski definition) is 1. The number of para-hydroxylation sites is 1. The van der Waals surface area contributed by atoms with Gasteiger partial charge in [-0.05, 0) is 34.4 Å². The Morgan fingerprint density at radius 1 is 0.810 bits per heavy atom. The summed E-state index contributed by atoms with van der Waals surface area (Å²) in [6.45, 7) is 0.912. The molecule has 0 spiro atoms. The van der Waals surface area contributed by atoms with Gasteiger partial charge in [0, 0.05) is 18.4 Å². The monoisotopic (exact) mass is 271 g/mol. The molecule has 0 aliphatic carbocycles. The van der Waals surface area contributed by atoms with Crippen molar-refractivity contribution in [3.05, 3.63) is 90.1 Å². The van der Waals surface area contributed by atoms with Crippen molar-refractivity contribution in [3.63, 3.8) is 0 Å². The van der Waals surface area contributed by atoms with Gasteiger partial charge < -0.3 is 4.90 Å². The summed E-state index contributed by atoms with van der Waals surface area (Å²) in [7, 11) is 0. The predicted octanol–water partition coefficient (Wildman–Crippen LogP) is 4.92. The van der Waals surface area contributed by atoms with E-state index in [4.69, 9.17) is 0 Å². The number of fused-ring (bicyclic) bond motifs is 2. The third-order valence-electron chi connectivity index (χ3n) is 4.14. The zero-order chi connectivity index (χ0) is 14.1. The largest absolute Gasteiger partial charge is 0.344 e. The maximum atomic E-state index is 2.35. The predicted molar refractivity (Wildman–Crippen MR) is 89.4 cm³/mol. The summed E-state index contributed by atoms with van der Waals surface area (Å²) >= 11 is 0. The Morgan fingerprint density at radius 3 is 2.62 bits per heavy atom. The molecular weight excluding hydrogens is 254 g/mol. The van der Waals surface area contributed by atoms with Crippen molar-refractivity contribution in [2.45, 2.75) is 13.0 Å². The second-order valence-electron chi connectivity index (χ2n) is 5.48. The van der Waals surface area contributed by atoms with Gasteiger partial charge in [0.15, 0.2) is 0 Å². The minimum absolute atomic E-state index is 0.912. The van der Waals surface area contributed by atoms with E-state index in [1.807, 2.05) is 0 Å². The highest BCUT2D eigenvalue weighted by Crippen LogP contribution is 2.28. The molecule has 1 aliphatic heterocycles. The number of allylic oxidation sites excluding steroid dienone is 1. The van der Waals surface area contributed by atoms with Crippen molar-refractivity contribution in [1.29, 1.82) is 0 Å². The van der Waals surface area contributed by atoms with Crippen LogP contribution < -0.4 is 4.90 Å². The van der Waals surface area contributed by atoms with Crippen LogP contribution in [0, 0.1) is 0 Å². The van der Waals surface area contributed by atoms with E-state index in [0.29, 0.717) is 0 Å². The van der Waals surface area contributed by atoms with Gasteiger partial charge in [-0.25, -0.2) is 0 Å². The highest BCUT2D eigenvalue weighted by molar-refractivity contribution is 5.86. The molecule has 0 atom stereocenters. The van der Waals surface area contributed by atoms with Crippen LogP contribution in [-0.4, -0.2) is 0 Å². The van der Waals surface area contributed by atoms with Crippen LogP contribution in [0.3, 0.4) is 0 Å². The van der Waals surface area contributed by atoms with Gasteiger partial charge in [-0.15, -0.1) is 0 Å². The molecule has 1 nitrogen and oxygen atoms in total. The molecule has 0 bridgehead atoms. The number of nitrogens with zero attached hydrogens (tertiary/aromatic N) is 1. The van der Waals surface area contributed by atoms with E-state index in [9.17, 15) is 0 Å². The molecule has 1 heterocycles. The molecule has 0 aromatic heterocycles. The van der Waals surface area contributed by atoms with E-state index in [0.717, 1.165) is 13.0 Å². The van der Waals surface area contributed by atoms with Gasteiger partial charge in [-0.3, -0.25) is 0 Å². The molecule has 4 rings (SSSR count). The second kappa shape index (κ2) is 5.10. The van der Waals surface area contributed by atoms with Crippen LogP contribution in [-0.2, 0) is 13.0 Å². The van der Waals surface area contributed by atoms with Crippen molar-refractivity contribution in [1.82, 2.24) is 0 Å². The minimum atomic E-state index is 0.912. The quantitative estimate of drug-likeness (QED) is 0.639. The minimum Gasteiger partial charge on any atom is -0.344 e. The van der Waals surface area contributed by atoms with E-state index in [2.05, 4.69) is 83.9 Å². The van der Waals surface area contributed by atoms with Crippen molar-refractivity contribution in [2.75, 3.05) is 4.90 Å². The van der Waals surface area contributed by atoms with Crippen LogP contribution in [0.2, 0.25) is 0 Å². The Morgan fingerprint density at radius 2 is 1.62 bits per heavy atom. The van der Waals surface area contributed by atoms with Crippen LogP contribution in [0.5, 0.6) is 0 Å². The zero-order valence-electron chi connectivity index (χ0n) is 11.9. The average Bonchev–Trinajstić information content (AvgIpc) is 2.56. The topological polar surface area (TPSA) is 3.24 Å². The van der Waals surface area contributed by atoms with Crippen LogP contribution in [0.1, 0.15) is 11.1 Å². The van der Waals surface area contributed by atoms with Crippen LogP contribution in [0.25, 0.3) is 10.8 Å². The lowest BCUT2D eigenvalue weighted by atomic mass is 10.0. The number of rotatable bonds is 2. The second-order valence-corrected chi connectivity index (χ2v) is 5.48. The number of anilines is 1. The van der Waals surface area contributed by atoms with Gasteiger partial charge in [0.1, 0.15) is 0 Å². The van der Waals surface area contributed by atoms with Gasteiger partial charge >= 0.3 is 0 Å². The molecule has 0 amide bonds. The fourth-order valence-corrected chi connectivity index (χ4v) is 3.10. The van der Waals surface area contributed by atoms with Gasteiger partial charge in [0.2, 0.25) is 0 Å². The number of hydrogen-bond donors (Lipinski definition) is 0. The summed E-state index contributed by atoms with van der Waals surface area (Å²) in [5.74, 6) is 0. The third kappa shape index (κ3) is 2.21. The first kappa shape index (κ1) is 12.2. The first-order valence-electron chi connectivity index (χ1n) is 7.40. The smallest absolute Gasteiger partial charge is 0.0482 e. The number of benzene rings is 3. The molecular formula is C20H17N. The molecule has 3 aromatic rings. The highest BCUT2D eigenvalue weighted by Gasteiger charge is 2.13. The zero-order valence-corrected chi connectivity index (χ0v) is 11.9. The molecule has 102 valence electrons. The summed E-state index contributed by atoms with van der Waals surface area (Å²) in [5, 5.41) is 2.65. The first-order valence-corrected chi connectivity index (χ1v) is 7.40. The standard InChI is InChI=1S/C20H17N/c1-3-12-19-16(7-1)9-5-10-18(19)15-21-14-6-11-17-8-2-4-13-20(17)21/h1-10,12-14H,11,15H2. The summed E-state index contributed by atoms with van der Waals surface area (Å²) in [6.07, 6.45) is 5.49. The molecule has 0 radical (unpaired) electrons. The normalized spacial score (nSPS) is 13.4. The molecule has 0 unspecified atom stereocenters. The van der Waals surface area contributed by atoms with E-state index >= 15 is 0 Å². The Hall–Kier alpha value is -2.54. The van der Waals surface area contributed by atoms with E-state index in [1.54, 1.807) is 0 Å². The van der Waals surface area contributed by atoms with E-state index < -0.39 is 0 Å². The van der Waals surface area contributed by atoms with Crippen LogP contribution >= 0.6 is 0 Å². The first-order chi connectivity index (χ1) is 10.4. The summed E-state index contributed by atoms with van der Waals surface area (Å²) in [5.41, 5.74) is 4.10. The molecule has 0 saturated carbocycles. The molecule has 1 aliphatic rings. The summed E-state index contributed by atoms with van der Waals surface area (Å²) in [6, 6.07) is 23.8. The Bertz CT molecular complexity index is 811.